The first-order valence-corrected chi connectivity index (χ1v) is 10.5. The van der Waals surface area contributed by atoms with Gasteiger partial charge in [0.1, 0.15) is 24.4 Å². The molecule has 0 bridgehead atoms. The highest BCUT2D eigenvalue weighted by molar-refractivity contribution is 5.94. The topological polar surface area (TPSA) is 251 Å². The van der Waals surface area contributed by atoms with Crippen LogP contribution in [0.3, 0.4) is 0 Å². The predicted molar refractivity (Wildman–Crippen MR) is 120 cm³/mol. The summed E-state index contributed by atoms with van der Waals surface area (Å²) in [6, 6.07) is 1.86. The van der Waals surface area contributed by atoms with Gasteiger partial charge >= 0.3 is 11.9 Å². The van der Waals surface area contributed by atoms with Gasteiger partial charge in [-0.15, -0.1) is 0 Å². The second kappa shape index (κ2) is 14.1. The summed E-state index contributed by atoms with van der Waals surface area (Å²) in [4.78, 5) is 70.5. The number of nitrogens with two attached hydrogens (primary N) is 2. The zero-order chi connectivity index (χ0) is 26.5. The Morgan fingerprint density at radius 1 is 0.800 bits per heavy atom. The monoisotopic (exact) mass is 495 g/mol. The second-order valence-corrected chi connectivity index (χ2v) is 7.65. The Labute approximate surface area is 200 Å². The number of aliphatic carboxylic acids is 2. The van der Waals surface area contributed by atoms with Gasteiger partial charge in [0.2, 0.25) is 23.6 Å². The molecule has 0 aliphatic carbocycles. The molecule has 0 aliphatic rings. The van der Waals surface area contributed by atoms with Crippen molar-refractivity contribution in [2.45, 2.75) is 50.2 Å². The summed E-state index contributed by atoms with van der Waals surface area (Å²) < 4.78 is 0. The molecule has 3 atom stereocenters. The fourth-order valence-corrected chi connectivity index (χ4v) is 2.88. The fourth-order valence-electron chi connectivity index (χ4n) is 2.88. The number of nitrogens with one attached hydrogen (secondary N) is 3. The Kier molecular flexibility index (Phi) is 11.7. The molecule has 0 spiro atoms. The first kappa shape index (κ1) is 28.8. The zero-order valence-corrected chi connectivity index (χ0v) is 18.7. The first-order chi connectivity index (χ1) is 16.4. The van der Waals surface area contributed by atoms with Crippen LogP contribution < -0.4 is 27.4 Å². The van der Waals surface area contributed by atoms with Gasteiger partial charge in [-0.25, -0.2) is 0 Å². The summed E-state index contributed by atoms with van der Waals surface area (Å²) in [5.74, 6) is -5.81. The van der Waals surface area contributed by atoms with Gasteiger partial charge in [-0.05, 0) is 30.5 Å². The third-order valence-electron chi connectivity index (χ3n) is 4.74. The molecule has 0 aromatic heterocycles. The van der Waals surface area contributed by atoms with E-state index in [1.54, 1.807) is 0 Å². The highest BCUT2D eigenvalue weighted by Gasteiger charge is 2.29. The number of rotatable bonds is 15. The highest BCUT2D eigenvalue weighted by Crippen LogP contribution is 2.12. The molecule has 1 rings (SSSR count). The van der Waals surface area contributed by atoms with Gasteiger partial charge in [0.15, 0.2) is 0 Å². The molecule has 0 saturated carbocycles. The van der Waals surface area contributed by atoms with E-state index in [1.165, 1.54) is 24.3 Å². The molecule has 3 unspecified atom stereocenters. The summed E-state index contributed by atoms with van der Waals surface area (Å²) in [5, 5.41) is 33.9. The van der Waals surface area contributed by atoms with Crippen LogP contribution in [0, 0.1) is 0 Å². The second-order valence-electron chi connectivity index (χ2n) is 7.65. The quantitative estimate of drug-likeness (QED) is 0.128. The summed E-state index contributed by atoms with van der Waals surface area (Å²) in [5.41, 5.74) is 11.3. The molecule has 1 aromatic rings. The van der Waals surface area contributed by atoms with E-state index in [4.69, 9.17) is 21.7 Å². The number of hydrogen-bond acceptors (Lipinski definition) is 8. The molecule has 10 N–H and O–H groups in total. The Morgan fingerprint density at radius 2 is 1.40 bits per heavy atom. The number of amides is 4. The van der Waals surface area contributed by atoms with Crippen molar-refractivity contribution >= 4 is 35.6 Å². The number of aromatic hydroxyl groups is 1. The minimum absolute atomic E-state index is 0.0314. The molecule has 0 radical (unpaired) electrons. The van der Waals surface area contributed by atoms with Crippen molar-refractivity contribution in [2.75, 3.05) is 6.54 Å². The van der Waals surface area contributed by atoms with E-state index in [2.05, 4.69) is 16.0 Å². The molecule has 0 fully saturated rings. The van der Waals surface area contributed by atoms with E-state index in [0.717, 1.165) is 0 Å². The van der Waals surface area contributed by atoms with Crippen molar-refractivity contribution in [3.8, 4) is 5.75 Å². The van der Waals surface area contributed by atoms with Gasteiger partial charge in [0.05, 0.1) is 6.04 Å². The Balaban J connectivity index is 3.05. The lowest BCUT2D eigenvalue weighted by Crippen LogP contribution is -2.56. The number of phenolic OH excluding ortho intramolecular Hbond substituents is 1. The predicted octanol–water partition coefficient (Wildman–Crippen LogP) is -2.44. The molecular formula is C21H29N5O9. The zero-order valence-electron chi connectivity index (χ0n) is 18.7. The van der Waals surface area contributed by atoms with Gasteiger partial charge in [-0.3, -0.25) is 28.8 Å². The lowest BCUT2D eigenvalue weighted by Gasteiger charge is -2.24. The van der Waals surface area contributed by atoms with Crippen LogP contribution in [0.1, 0.15) is 31.2 Å². The summed E-state index contributed by atoms with van der Waals surface area (Å²) in [7, 11) is 0. The number of carboxylic acid groups (broad SMARTS) is 2. The van der Waals surface area contributed by atoms with Gasteiger partial charge in [0, 0.05) is 19.3 Å². The van der Waals surface area contributed by atoms with Crippen LogP contribution in [0.15, 0.2) is 24.3 Å². The molecule has 4 amide bonds. The maximum absolute atomic E-state index is 13.0. The average molecular weight is 495 g/mol. The molecule has 0 aliphatic heterocycles. The number of carbonyl (C=O) groups is 6. The summed E-state index contributed by atoms with van der Waals surface area (Å²) in [6.07, 6.45) is -1.18. The standard InChI is InChI=1S/C21H29N5O9/c22-13(5-8-17(29)30)19(33)26-15(9-11-1-3-12(27)4-2-11)21(35)25-14(6-7-16(23)28)20(34)24-10-18(31)32/h1-4,13-15,27H,5-10,22H2,(H2,23,28)(H,24,34)(H,25,35)(H,26,33)(H,29,30)(H,31,32). The number of hydrogen-bond donors (Lipinski definition) is 8. The van der Waals surface area contributed by atoms with Crippen LogP contribution in [0.4, 0.5) is 0 Å². The SMILES string of the molecule is NC(=O)CCC(NC(=O)C(Cc1ccc(O)cc1)NC(=O)C(N)CCC(=O)O)C(=O)NCC(=O)O. The molecule has 14 nitrogen and oxygen atoms in total. The maximum atomic E-state index is 13.0. The summed E-state index contributed by atoms with van der Waals surface area (Å²) >= 11 is 0. The lowest BCUT2D eigenvalue weighted by molar-refractivity contribution is -0.139. The van der Waals surface area contributed by atoms with Gasteiger partial charge in [0.25, 0.3) is 0 Å². The number of carboxylic acids is 2. The molecule has 14 heteroatoms. The van der Waals surface area contributed by atoms with Crippen LogP contribution in [-0.2, 0) is 35.2 Å². The highest BCUT2D eigenvalue weighted by atomic mass is 16.4. The third-order valence-corrected chi connectivity index (χ3v) is 4.74. The van der Waals surface area contributed by atoms with Crippen LogP contribution in [0.5, 0.6) is 5.75 Å². The van der Waals surface area contributed by atoms with E-state index in [-0.39, 0.29) is 37.9 Å². The van der Waals surface area contributed by atoms with Gasteiger partial charge in [-0.1, -0.05) is 12.1 Å². The number of primary amides is 1. The van der Waals surface area contributed by atoms with Crippen molar-refractivity contribution in [1.29, 1.82) is 0 Å². The molecule has 35 heavy (non-hydrogen) atoms. The normalized spacial score (nSPS) is 13.1. The molecular weight excluding hydrogens is 466 g/mol. The molecule has 0 heterocycles. The molecule has 192 valence electrons. The number of carbonyl (C=O) groups excluding carboxylic acids is 4. The average Bonchev–Trinajstić information content (AvgIpc) is 2.78. The largest absolute Gasteiger partial charge is 0.508 e. The van der Waals surface area contributed by atoms with E-state index in [1.807, 2.05) is 0 Å². The van der Waals surface area contributed by atoms with Crippen molar-refractivity contribution in [2.24, 2.45) is 11.5 Å². The summed E-state index contributed by atoms with van der Waals surface area (Å²) in [6.45, 7) is -0.728. The van der Waals surface area contributed by atoms with E-state index >= 15 is 0 Å². The molecule has 0 saturated heterocycles. The Bertz CT molecular complexity index is 936. The van der Waals surface area contributed by atoms with Gasteiger partial charge in [-0.2, -0.15) is 0 Å². The van der Waals surface area contributed by atoms with Crippen molar-refractivity contribution in [3.63, 3.8) is 0 Å². The molecule has 1 aromatic carbocycles. The van der Waals surface area contributed by atoms with E-state index in [0.29, 0.717) is 5.56 Å². The van der Waals surface area contributed by atoms with E-state index < -0.39 is 60.2 Å². The fraction of sp³-hybridized carbons (Fsp3) is 0.429. The minimum atomic E-state index is -1.34. The first-order valence-electron chi connectivity index (χ1n) is 10.5. The number of benzene rings is 1. The van der Waals surface area contributed by atoms with Crippen LogP contribution >= 0.6 is 0 Å². The third kappa shape index (κ3) is 11.5. The van der Waals surface area contributed by atoms with Crippen LogP contribution in [0.2, 0.25) is 0 Å². The Morgan fingerprint density at radius 3 is 1.94 bits per heavy atom. The van der Waals surface area contributed by atoms with Crippen LogP contribution in [0.25, 0.3) is 0 Å². The lowest BCUT2D eigenvalue weighted by atomic mass is 10.0. The van der Waals surface area contributed by atoms with Crippen molar-refractivity contribution < 1.29 is 44.1 Å². The smallest absolute Gasteiger partial charge is 0.322 e. The van der Waals surface area contributed by atoms with E-state index in [9.17, 15) is 33.9 Å². The Hall–Kier alpha value is -4.20. The van der Waals surface area contributed by atoms with Gasteiger partial charge < -0.3 is 42.7 Å². The number of phenols is 1. The maximum Gasteiger partial charge on any atom is 0.322 e. The minimum Gasteiger partial charge on any atom is -0.508 e. The van der Waals surface area contributed by atoms with Crippen molar-refractivity contribution in [3.05, 3.63) is 29.8 Å². The van der Waals surface area contributed by atoms with Crippen LogP contribution in [-0.4, -0.2) is 75.6 Å². The van der Waals surface area contributed by atoms with Crippen molar-refractivity contribution in [1.82, 2.24) is 16.0 Å².